The van der Waals surface area contributed by atoms with Crippen LogP contribution in [0.5, 0.6) is 5.75 Å². The lowest BCUT2D eigenvalue weighted by atomic mass is 10.1. The maximum absolute atomic E-state index is 14.2. The molecule has 5 rings (SSSR count). The second-order valence-corrected chi connectivity index (χ2v) is 9.26. The first-order valence-electron chi connectivity index (χ1n) is 12.5. The molecule has 10 nitrogen and oxygen atoms in total. The highest BCUT2D eigenvalue weighted by atomic mass is 19.1. The van der Waals surface area contributed by atoms with Crippen LogP contribution in [0.2, 0.25) is 0 Å². The summed E-state index contributed by atoms with van der Waals surface area (Å²) in [6.07, 6.45) is 4.41. The molecule has 1 fully saturated rings. The van der Waals surface area contributed by atoms with Gasteiger partial charge in [0.1, 0.15) is 29.4 Å². The Balaban J connectivity index is 1.37. The van der Waals surface area contributed by atoms with E-state index in [-0.39, 0.29) is 24.1 Å². The standard InChI is InChI=1S/C28H28FN7O3/c1-3-23(37)35-12-4-5-19(15-35)36-27-24(26(30)32-16-33-27)25(34-36)18-8-6-17(7-9-18)14-31-28(38)21-11-10-20(39-2)13-22(21)29/h3,6-11,13,16,19H,1,4-5,12,14-15H2,2H3,(H,31,38)(H2,30,32,33)/t19-/m1/s1. The minimum absolute atomic E-state index is 0.0593. The number of anilines is 1. The number of hydrogen-bond donors (Lipinski definition) is 2. The minimum Gasteiger partial charge on any atom is -0.497 e. The van der Waals surface area contributed by atoms with Crippen LogP contribution < -0.4 is 15.8 Å². The first-order valence-corrected chi connectivity index (χ1v) is 12.5. The third-order valence-corrected chi connectivity index (χ3v) is 6.85. The molecule has 0 radical (unpaired) electrons. The first-order chi connectivity index (χ1) is 18.9. The zero-order valence-electron chi connectivity index (χ0n) is 21.4. The summed E-state index contributed by atoms with van der Waals surface area (Å²) in [6.45, 7) is 4.98. The zero-order valence-corrected chi connectivity index (χ0v) is 21.4. The third-order valence-electron chi connectivity index (χ3n) is 6.85. The molecule has 0 saturated carbocycles. The highest BCUT2D eigenvalue weighted by Crippen LogP contribution is 2.34. The summed E-state index contributed by atoms with van der Waals surface area (Å²) in [5.41, 5.74) is 9.06. The molecule has 39 heavy (non-hydrogen) atoms. The van der Waals surface area contributed by atoms with Gasteiger partial charge in [0.05, 0.1) is 24.1 Å². The van der Waals surface area contributed by atoms with Gasteiger partial charge in [-0.2, -0.15) is 5.10 Å². The van der Waals surface area contributed by atoms with Crippen molar-refractivity contribution < 1.29 is 18.7 Å². The highest BCUT2D eigenvalue weighted by Gasteiger charge is 2.28. The SMILES string of the molecule is C=CC(=O)N1CCC[C@@H](n2nc(-c3ccc(CNC(=O)c4ccc(OC)cc4F)cc3)c3c(N)ncnc32)C1. The highest BCUT2D eigenvalue weighted by molar-refractivity contribution is 5.98. The fourth-order valence-electron chi connectivity index (χ4n) is 4.80. The Morgan fingerprint density at radius 2 is 2.03 bits per heavy atom. The molecule has 3 N–H and O–H groups in total. The van der Waals surface area contributed by atoms with Gasteiger partial charge in [-0.25, -0.2) is 19.0 Å². The number of likely N-dealkylation sites (tertiary alicyclic amines) is 1. The van der Waals surface area contributed by atoms with Crippen molar-refractivity contribution in [2.24, 2.45) is 0 Å². The number of aromatic nitrogens is 4. The van der Waals surface area contributed by atoms with Crippen molar-refractivity contribution in [3.05, 3.63) is 78.4 Å². The van der Waals surface area contributed by atoms with E-state index in [0.29, 0.717) is 41.4 Å². The van der Waals surface area contributed by atoms with Crippen LogP contribution in [0.1, 0.15) is 34.8 Å². The Morgan fingerprint density at radius 1 is 1.23 bits per heavy atom. The smallest absolute Gasteiger partial charge is 0.254 e. The second-order valence-electron chi connectivity index (χ2n) is 9.26. The lowest BCUT2D eigenvalue weighted by Crippen LogP contribution is -2.40. The fourth-order valence-corrected chi connectivity index (χ4v) is 4.80. The van der Waals surface area contributed by atoms with Crippen LogP contribution in [-0.4, -0.2) is 56.7 Å². The van der Waals surface area contributed by atoms with Crippen LogP contribution in [0.4, 0.5) is 10.2 Å². The second kappa shape index (κ2) is 10.9. The van der Waals surface area contributed by atoms with Crippen molar-refractivity contribution in [3.8, 4) is 17.0 Å². The Bertz CT molecular complexity index is 1550. The van der Waals surface area contributed by atoms with Crippen molar-refractivity contribution in [1.29, 1.82) is 0 Å². The van der Waals surface area contributed by atoms with Crippen LogP contribution in [0.3, 0.4) is 0 Å². The Labute approximate surface area is 224 Å². The Hall–Kier alpha value is -4.80. The van der Waals surface area contributed by atoms with Crippen LogP contribution in [0.15, 0.2) is 61.4 Å². The number of nitrogens with zero attached hydrogens (tertiary/aromatic N) is 5. The quantitative estimate of drug-likeness (QED) is 0.351. The van der Waals surface area contributed by atoms with Gasteiger partial charge in [0.25, 0.3) is 5.91 Å². The summed E-state index contributed by atoms with van der Waals surface area (Å²) in [5.74, 6) is -0.631. The number of carbonyl (C=O) groups is 2. The molecule has 0 spiro atoms. The lowest BCUT2D eigenvalue weighted by Gasteiger charge is -2.32. The number of nitrogen functional groups attached to an aromatic ring is 1. The van der Waals surface area contributed by atoms with E-state index < -0.39 is 11.7 Å². The molecule has 1 atom stereocenters. The number of nitrogens with one attached hydrogen (secondary N) is 1. The minimum atomic E-state index is -0.653. The van der Waals surface area contributed by atoms with Crippen molar-refractivity contribution in [1.82, 2.24) is 30.0 Å². The number of piperidine rings is 1. The van der Waals surface area contributed by atoms with Gasteiger partial charge in [-0.1, -0.05) is 30.8 Å². The maximum Gasteiger partial charge on any atom is 0.254 e. The molecule has 1 aliphatic heterocycles. The molecule has 0 aliphatic carbocycles. The number of methoxy groups -OCH3 is 1. The molecular formula is C28H28FN7O3. The van der Waals surface area contributed by atoms with E-state index in [4.69, 9.17) is 15.6 Å². The monoisotopic (exact) mass is 529 g/mol. The molecule has 200 valence electrons. The number of carbonyl (C=O) groups excluding carboxylic acids is 2. The zero-order chi connectivity index (χ0) is 27.5. The van der Waals surface area contributed by atoms with E-state index in [9.17, 15) is 14.0 Å². The molecule has 1 aliphatic rings. The summed E-state index contributed by atoms with van der Waals surface area (Å²) in [4.78, 5) is 35.1. The van der Waals surface area contributed by atoms with Gasteiger partial charge in [0, 0.05) is 31.3 Å². The number of hydrogen-bond acceptors (Lipinski definition) is 7. The topological polar surface area (TPSA) is 128 Å². The predicted molar refractivity (Wildman–Crippen MR) is 144 cm³/mol. The number of ether oxygens (including phenoxy) is 1. The third kappa shape index (κ3) is 5.15. The molecular weight excluding hydrogens is 501 g/mol. The number of rotatable bonds is 7. The fraction of sp³-hybridized carbons (Fsp3) is 0.250. The van der Waals surface area contributed by atoms with Gasteiger partial charge in [-0.05, 0) is 36.6 Å². The Kier molecular flexibility index (Phi) is 7.22. The molecule has 0 unspecified atom stereocenters. The molecule has 2 aromatic heterocycles. The summed E-state index contributed by atoms with van der Waals surface area (Å²) in [6, 6.07) is 11.5. The van der Waals surface area contributed by atoms with Gasteiger partial charge in [-0.15, -0.1) is 0 Å². The maximum atomic E-state index is 14.2. The van der Waals surface area contributed by atoms with E-state index in [1.54, 1.807) is 4.90 Å². The number of nitrogens with two attached hydrogens (primary N) is 1. The Morgan fingerprint density at radius 3 is 2.74 bits per heavy atom. The largest absolute Gasteiger partial charge is 0.497 e. The van der Waals surface area contributed by atoms with Gasteiger partial charge in [-0.3, -0.25) is 9.59 Å². The van der Waals surface area contributed by atoms with Gasteiger partial charge >= 0.3 is 0 Å². The van der Waals surface area contributed by atoms with Crippen molar-refractivity contribution in [2.45, 2.75) is 25.4 Å². The normalized spacial score (nSPS) is 15.2. The van der Waals surface area contributed by atoms with Crippen molar-refractivity contribution in [3.63, 3.8) is 0 Å². The molecule has 1 saturated heterocycles. The predicted octanol–water partition coefficient (Wildman–Crippen LogP) is 3.50. The van der Waals surface area contributed by atoms with Crippen LogP contribution in [0.25, 0.3) is 22.3 Å². The van der Waals surface area contributed by atoms with Crippen molar-refractivity contribution in [2.75, 3.05) is 25.9 Å². The molecule has 3 heterocycles. The molecule has 11 heteroatoms. The van der Waals surface area contributed by atoms with E-state index in [2.05, 4.69) is 21.9 Å². The molecule has 0 bridgehead atoms. The molecule has 4 aromatic rings. The number of halogens is 1. The van der Waals surface area contributed by atoms with Crippen molar-refractivity contribution >= 4 is 28.7 Å². The van der Waals surface area contributed by atoms with E-state index in [0.717, 1.165) is 24.0 Å². The first kappa shape index (κ1) is 25.8. The van der Waals surface area contributed by atoms with Crippen LogP contribution >= 0.6 is 0 Å². The summed E-state index contributed by atoms with van der Waals surface area (Å²) in [7, 11) is 1.43. The van der Waals surface area contributed by atoms with Gasteiger partial charge < -0.3 is 20.7 Å². The molecule has 2 amide bonds. The van der Waals surface area contributed by atoms with Crippen LogP contribution in [-0.2, 0) is 11.3 Å². The number of amides is 2. The van der Waals surface area contributed by atoms with E-state index in [1.165, 1.54) is 37.7 Å². The summed E-state index contributed by atoms with van der Waals surface area (Å²) in [5, 5.41) is 8.26. The number of fused-ring (bicyclic) bond motifs is 1. The summed E-state index contributed by atoms with van der Waals surface area (Å²) < 4.78 is 21.1. The average Bonchev–Trinajstić information content (AvgIpc) is 3.36. The van der Waals surface area contributed by atoms with E-state index >= 15 is 0 Å². The lowest BCUT2D eigenvalue weighted by molar-refractivity contribution is -0.127. The number of benzene rings is 2. The van der Waals surface area contributed by atoms with E-state index in [1.807, 2.05) is 28.9 Å². The van der Waals surface area contributed by atoms with Crippen LogP contribution in [0, 0.1) is 5.82 Å². The average molecular weight is 530 g/mol. The summed E-state index contributed by atoms with van der Waals surface area (Å²) >= 11 is 0. The van der Waals surface area contributed by atoms with Gasteiger partial charge in [0.15, 0.2) is 5.65 Å². The molecule has 2 aromatic carbocycles. The van der Waals surface area contributed by atoms with Gasteiger partial charge in [0.2, 0.25) is 5.91 Å².